The van der Waals surface area contributed by atoms with Crippen molar-refractivity contribution < 1.29 is 4.92 Å². The van der Waals surface area contributed by atoms with E-state index in [1.54, 1.807) is 6.07 Å². The summed E-state index contributed by atoms with van der Waals surface area (Å²) in [5, 5.41) is 10.7. The third-order valence-electron chi connectivity index (χ3n) is 2.97. The fourth-order valence-corrected chi connectivity index (χ4v) is 2.42. The monoisotopic (exact) mass is 335 g/mol. The van der Waals surface area contributed by atoms with Crippen molar-refractivity contribution in [2.24, 2.45) is 0 Å². The smallest absolute Gasteiger partial charge is 0.287 e. The van der Waals surface area contributed by atoms with Gasteiger partial charge >= 0.3 is 0 Å². The molecule has 1 aromatic carbocycles. The van der Waals surface area contributed by atoms with Gasteiger partial charge in [0.2, 0.25) is 0 Å². The van der Waals surface area contributed by atoms with Gasteiger partial charge < -0.3 is 4.90 Å². The van der Waals surface area contributed by atoms with Crippen molar-refractivity contribution in [3.05, 3.63) is 62.2 Å². The Morgan fingerprint density at radius 1 is 1.40 bits per heavy atom. The van der Waals surface area contributed by atoms with Gasteiger partial charge in [0, 0.05) is 24.1 Å². The number of nitro groups is 1. The van der Waals surface area contributed by atoms with Crippen molar-refractivity contribution in [1.29, 1.82) is 0 Å². The van der Waals surface area contributed by atoms with Crippen molar-refractivity contribution in [2.75, 3.05) is 11.9 Å². The van der Waals surface area contributed by atoms with Crippen molar-refractivity contribution in [3.63, 3.8) is 0 Å². The molecule has 0 bridgehead atoms. The largest absolute Gasteiger partial charge is 0.355 e. The molecular formula is C14H14BrN3O2. The average Bonchev–Trinajstić information content (AvgIpc) is 2.41. The maximum atomic E-state index is 10.7. The molecule has 0 aliphatic rings. The number of halogens is 1. The Balaban J connectivity index is 2.23. The zero-order chi connectivity index (χ0) is 14.7. The van der Waals surface area contributed by atoms with Crippen LogP contribution in [0.3, 0.4) is 0 Å². The van der Waals surface area contributed by atoms with Crippen molar-refractivity contribution in [1.82, 2.24) is 4.98 Å². The first-order chi connectivity index (χ1) is 9.49. The first-order valence-electron chi connectivity index (χ1n) is 6.04. The minimum absolute atomic E-state index is 0.0144. The van der Waals surface area contributed by atoms with Crippen LogP contribution in [0.25, 0.3) is 0 Å². The molecule has 0 radical (unpaired) electrons. The first-order valence-corrected chi connectivity index (χ1v) is 6.84. The summed E-state index contributed by atoms with van der Waals surface area (Å²) in [4.78, 5) is 16.4. The molecule has 104 valence electrons. The summed E-state index contributed by atoms with van der Waals surface area (Å²) in [5.74, 6) is 0.742. The van der Waals surface area contributed by atoms with E-state index in [2.05, 4.69) is 20.9 Å². The SMILES string of the molecule is Cc1cc([N+](=O)[O-])cnc1N(C)Cc1ccccc1Br. The minimum atomic E-state index is -0.433. The molecule has 0 aliphatic carbocycles. The summed E-state index contributed by atoms with van der Waals surface area (Å²) in [7, 11) is 1.92. The number of hydrogen-bond donors (Lipinski definition) is 0. The number of pyridine rings is 1. The number of anilines is 1. The zero-order valence-corrected chi connectivity index (χ0v) is 12.8. The Hall–Kier alpha value is -1.95. The molecule has 6 heteroatoms. The highest BCUT2D eigenvalue weighted by Gasteiger charge is 2.13. The Morgan fingerprint density at radius 2 is 2.10 bits per heavy atom. The lowest BCUT2D eigenvalue weighted by molar-refractivity contribution is -0.385. The molecule has 0 atom stereocenters. The van der Waals surface area contributed by atoms with E-state index < -0.39 is 4.92 Å². The molecule has 0 spiro atoms. The molecule has 0 unspecified atom stereocenters. The van der Waals surface area contributed by atoms with Gasteiger partial charge in [0.25, 0.3) is 5.69 Å². The van der Waals surface area contributed by atoms with Gasteiger partial charge in [0.05, 0.1) is 4.92 Å². The van der Waals surface area contributed by atoms with Gasteiger partial charge in [-0.15, -0.1) is 0 Å². The van der Waals surface area contributed by atoms with Crippen LogP contribution < -0.4 is 4.90 Å². The number of aryl methyl sites for hydroxylation is 1. The van der Waals surface area contributed by atoms with E-state index in [4.69, 9.17) is 0 Å². The van der Waals surface area contributed by atoms with Crippen LogP contribution in [0.4, 0.5) is 11.5 Å². The van der Waals surface area contributed by atoms with Crippen molar-refractivity contribution in [2.45, 2.75) is 13.5 Å². The lowest BCUT2D eigenvalue weighted by Crippen LogP contribution is -2.19. The van der Waals surface area contributed by atoms with E-state index in [1.807, 2.05) is 43.1 Å². The third kappa shape index (κ3) is 3.14. The lowest BCUT2D eigenvalue weighted by Gasteiger charge is -2.20. The van der Waals surface area contributed by atoms with E-state index >= 15 is 0 Å². The molecule has 5 nitrogen and oxygen atoms in total. The van der Waals surface area contributed by atoms with Crippen LogP contribution in [-0.4, -0.2) is 17.0 Å². The fraction of sp³-hybridized carbons (Fsp3) is 0.214. The Labute approximate surface area is 125 Å². The van der Waals surface area contributed by atoms with Crippen LogP contribution in [-0.2, 0) is 6.54 Å². The second kappa shape index (κ2) is 6.00. The number of hydrogen-bond acceptors (Lipinski definition) is 4. The maximum absolute atomic E-state index is 10.7. The number of aromatic nitrogens is 1. The van der Waals surface area contributed by atoms with Crippen molar-refractivity contribution >= 4 is 27.4 Å². The molecule has 2 aromatic rings. The predicted octanol–water partition coefficient (Wildman–Crippen LogP) is 3.70. The Morgan fingerprint density at radius 3 is 2.70 bits per heavy atom. The van der Waals surface area contributed by atoms with Crippen LogP contribution in [0, 0.1) is 17.0 Å². The predicted molar refractivity (Wildman–Crippen MR) is 81.9 cm³/mol. The summed E-state index contributed by atoms with van der Waals surface area (Å²) < 4.78 is 1.03. The first kappa shape index (κ1) is 14.5. The highest BCUT2D eigenvalue weighted by atomic mass is 79.9. The van der Waals surface area contributed by atoms with Crippen LogP contribution in [0.15, 0.2) is 41.0 Å². The topological polar surface area (TPSA) is 59.3 Å². The highest BCUT2D eigenvalue weighted by Crippen LogP contribution is 2.24. The van der Waals surface area contributed by atoms with Crippen LogP contribution in [0.1, 0.15) is 11.1 Å². The molecule has 0 amide bonds. The second-order valence-corrected chi connectivity index (χ2v) is 5.39. The summed E-state index contributed by atoms with van der Waals surface area (Å²) in [6.45, 7) is 2.50. The zero-order valence-electron chi connectivity index (χ0n) is 11.2. The highest BCUT2D eigenvalue weighted by molar-refractivity contribution is 9.10. The second-order valence-electron chi connectivity index (χ2n) is 4.54. The maximum Gasteiger partial charge on any atom is 0.287 e. The molecule has 1 heterocycles. The summed E-state index contributed by atoms with van der Waals surface area (Å²) >= 11 is 3.51. The van der Waals surface area contributed by atoms with E-state index in [-0.39, 0.29) is 5.69 Å². The molecule has 20 heavy (non-hydrogen) atoms. The number of benzene rings is 1. The molecule has 2 rings (SSSR count). The van der Waals surface area contributed by atoms with Crippen LogP contribution in [0.2, 0.25) is 0 Å². The van der Waals surface area contributed by atoms with E-state index in [9.17, 15) is 10.1 Å². The molecular weight excluding hydrogens is 322 g/mol. The molecule has 0 saturated heterocycles. The Kier molecular flexibility index (Phi) is 4.34. The van der Waals surface area contributed by atoms with E-state index in [0.29, 0.717) is 6.54 Å². The number of rotatable bonds is 4. The standard InChI is InChI=1S/C14H14BrN3O2/c1-10-7-12(18(19)20)8-16-14(10)17(2)9-11-5-3-4-6-13(11)15/h3-8H,9H2,1-2H3. The van der Waals surface area contributed by atoms with Gasteiger partial charge in [-0.2, -0.15) is 0 Å². The van der Waals surface area contributed by atoms with Gasteiger partial charge in [0.15, 0.2) is 0 Å². The van der Waals surface area contributed by atoms with E-state index in [1.165, 1.54) is 6.20 Å². The van der Waals surface area contributed by atoms with Gasteiger partial charge in [-0.05, 0) is 24.1 Å². The lowest BCUT2D eigenvalue weighted by atomic mass is 10.2. The van der Waals surface area contributed by atoms with E-state index in [0.717, 1.165) is 21.4 Å². The van der Waals surface area contributed by atoms with Crippen molar-refractivity contribution in [3.8, 4) is 0 Å². The molecule has 0 fully saturated rings. The fourth-order valence-electron chi connectivity index (χ4n) is 2.01. The van der Waals surface area contributed by atoms with Gasteiger partial charge in [-0.25, -0.2) is 4.98 Å². The van der Waals surface area contributed by atoms with Gasteiger partial charge in [0.1, 0.15) is 12.0 Å². The van der Waals surface area contributed by atoms with Crippen LogP contribution >= 0.6 is 15.9 Å². The molecule has 0 N–H and O–H groups in total. The number of nitrogens with zero attached hydrogens (tertiary/aromatic N) is 3. The normalized spacial score (nSPS) is 10.3. The Bertz CT molecular complexity index is 646. The summed E-state index contributed by atoms with van der Waals surface area (Å²) in [6.07, 6.45) is 1.29. The molecule has 0 aliphatic heterocycles. The molecule has 0 saturated carbocycles. The quantitative estimate of drug-likeness (QED) is 0.631. The van der Waals surface area contributed by atoms with Crippen LogP contribution in [0.5, 0.6) is 0 Å². The molecule has 1 aromatic heterocycles. The average molecular weight is 336 g/mol. The minimum Gasteiger partial charge on any atom is -0.355 e. The van der Waals surface area contributed by atoms with Gasteiger partial charge in [-0.3, -0.25) is 10.1 Å². The third-order valence-corrected chi connectivity index (χ3v) is 3.75. The van der Waals surface area contributed by atoms with Gasteiger partial charge in [-0.1, -0.05) is 34.1 Å². The summed E-state index contributed by atoms with van der Waals surface area (Å²) in [6, 6.07) is 9.49. The summed E-state index contributed by atoms with van der Waals surface area (Å²) in [5.41, 5.74) is 1.93.